The van der Waals surface area contributed by atoms with Crippen LogP contribution >= 0.6 is 24.8 Å². The van der Waals surface area contributed by atoms with Gasteiger partial charge >= 0.3 is 0 Å². The van der Waals surface area contributed by atoms with Gasteiger partial charge in [-0.3, -0.25) is 4.98 Å². The smallest absolute Gasteiger partial charge is 0.0734 e. The summed E-state index contributed by atoms with van der Waals surface area (Å²) in [7, 11) is 0. The number of nitrogens with two attached hydrogens (primary N) is 1. The number of hydrogen-bond acceptors (Lipinski definition) is 2. The van der Waals surface area contributed by atoms with Gasteiger partial charge in [0.1, 0.15) is 0 Å². The van der Waals surface area contributed by atoms with E-state index >= 15 is 0 Å². The summed E-state index contributed by atoms with van der Waals surface area (Å²) in [5.41, 5.74) is 7.84. The first-order valence-corrected chi connectivity index (χ1v) is 4.44. The number of benzene rings is 1. The first-order valence-electron chi connectivity index (χ1n) is 4.44. The third kappa shape index (κ3) is 3.06. The number of aromatic nitrogens is 1. The molecule has 4 heteroatoms. The van der Waals surface area contributed by atoms with Crippen LogP contribution in [-0.4, -0.2) is 11.5 Å². The lowest BCUT2D eigenvalue weighted by molar-refractivity contribution is 0.973. The zero-order valence-corrected chi connectivity index (χ0v) is 9.85. The summed E-state index contributed by atoms with van der Waals surface area (Å²) in [5, 5.41) is 1.19. The van der Waals surface area contributed by atoms with E-state index in [9.17, 15) is 0 Å². The lowest BCUT2D eigenvalue weighted by Gasteiger charge is -2.02. The van der Waals surface area contributed by atoms with Crippen LogP contribution < -0.4 is 5.73 Å². The number of rotatable bonds is 2. The average Bonchev–Trinajstić information content (AvgIpc) is 2.19. The molecule has 0 radical (unpaired) electrons. The first-order chi connectivity index (χ1) is 6.42. The highest BCUT2D eigenvalue weighted by atomic mass is 35.5. The zero-order valence-electron chi connectivity index (χ0n) is 8.22. The van der Waals surface area contributed by atoms with Crippen LogP contribution in [0.5, 0.6) is 0 Å². The highest BCUT2D eigenvalue weighted by molar-refractivity contribution is 5.85. The van der Waals surface area contributed by atoms with Crippen molar-refractivity contribution in [3.63, 3.8) is 0 Å². The minimum atomic E-state index is 0. The zero-order chi connectivity index (χ0) is 9.10. The molecule has 2 N–H and O–H groups in total. The Bertz CT molecular complexity index is 413. The summed E-state index contributed by atoms with van der Waals surface area (Å²) in [5.74, 6) is 0. The van der Waals surface area contributed by atoms with Gasteiger partial charge in [-0.2, -0.15) is 0 Å². The van der Waals surface area contributed by atoms with Gasteiger partial charge in [-0.25, -0.2) is 0 Å². The summed E-state index contributed by atoms with van der Waals surface area (Å²) >= 11 is 0. The summed E-state index contributed by atoms with van der Waals surface area (Å²) in [6.45, 7) is 0.676. The SMILES string of the molecule is Cl.Cl.NCCc1cccc2cccnc12. The van der Waals surface area contributed by atoms with Crippen molar-refractivity contribution >= 4 is 35.7 Å². The van der Waals surface area contributed by atoms with E-state index in [0.717, 1.165) is 11.9 Å². The van der Waals surface area contributed by atoms with Gasteiger partial charge in [0.25, 0.3) is 0 Å². The summed E-state index contributed by atoms with van der Waals surface area (Å²) in [4.78, 5) is 4.34. The van der Waals surface area contributed by atoms with Gasteiger partial charge < -0.3 is 5.73 Å². The number of hydrogen-bond donors (Lipinski definition) is 1. The standard InChI is InChI=1S/C11H12N2.2ClH/c12-7-6-10-4-1-3-9-5-2-8-13-11(9)10;;/h1-5,8H,6-7,12H2;2*1H. The van der Waals surface area contributed by atoms with Gasteiger partial charge in [-0.15, -0.1) is 24.8 Å². The maximum Gasteiger partial charge on any atom is 0.0734 e. The molecule has 1 heterocycles. The second-order valence-corrected chi connectivity index (χ2v) is 3.03. The van der Waals surface area contributed by atoms with Gasteiger partial charge in [0.15, 0.2) is 0 Å². The Morgan fingerprint density at radius 1 is 1.07 bits per heavy atom. The predicted molar refractivity (Wildman–Crippen MR) is 69.0 cm³/mol. The van der Waals surface area contributed by atoms with Crippen molar-refractivity contribution in [2.24, 2.45) is 5.73 Å². The maximum atomic E-state index is 5.52. The van der Waals surface area contributed by atoms with Crippen LogP contribution in [0.4, 0.5) is 0 Å². The van der Waals surface area contributed by atoms with E-state index in [2.05, 4.69) is 29.2 Å². The van der Waals surface area contributed by atoms with Crippen molar-refractivity contribution in [3.05, 3.63) is 42.1 Å². The van der Waals surface area contributed by atoms with Gasteiger partial charge in [0, 0.05) is 11.6 Å². The fourth-order valence-electron chi connectivity index (χ4n) is 1.52. The largest absolute Gasteiger partial charge is 0.330 e. The molecule has 0 spiro atoms. The van der Waals surface area contributed by atoms with Crippen LogP contribution in [0.25, 0.3) is 10.9 Å². The van der Waals surface area contributed by atoms with E-state index in [1.807, 2.05) is 12.3 Å². The van der Waals surface area contributed by atoms with Gasteiger partial charge in [-0.05, 0) is 24.6 Å². The predicted octanol–water partition coefficient (Wildman–Crippen LogP) is 2.58. The molecule has 0 aliphatic rings. The molecule has 15 heavy (non-hydrogen) atoms. The Balaban J connectivity index is 0.000000980. The minimum absolute atomic E-state index is 0. The van der Waals surface area contributed by atoms with Crippen LogP contribution in [0.3, 0.4) is 0 Å². The van der Waals surface area contributed by atoms with E-state index in [1.165, 1.54) is 10.9 Å². The number of halogens is 2. The molecule has 2 aromatic rings. The second-order valence-electron chi connectivity index (χ2n) is 3.03. The first kappa shape index (κ1) is 14.2. The molecule has 0 fully saturated rings. The van der Waals surface area contributed by atoms with Crippen molar-refractivity contribution in [3.8, 4) is 0 Å². The van der Waals surface area contributed by atoms with Crippen LogP contribution in [0.1, 0.15) is 5.56 Å². The molecule has 0 amide bonds. The Morgan fingerprint density at radius 2 is 1.80 bits per heavy atom. The van der Waals surface area contributed by atoms with Crippen LogP contribution in [0, 0.1) is 0 Å². The quantitative estimate of drug-likeness (QED) is 0.883. The van der Waals surface area contributed by atoms with E-state index in [1.54, 1.807) is 0 Å². The Hall–Kier alpha value is -0.830. The highest BCUT2D eigenvalue weighted by Gasteiger charge is 1.99. The van der Waals surface area contributed by atoms with Gasteiger partial charge in [0.05, 0.1) is 5.52 Å². The molecule has 2 nitrogen and oxygen atoms in total. The molecule has 0 aliphatic heterocycles. The average molecular weight is 245 g/mol. The maximum absolute atomic E-state index is 5.52. The molecule has 2 rings (SSSR count). The molecule has 0 unspecified atom stereocenters. The van der Waals surface area contributed by atoms with Crippen molar-refractivity contribution in [2.45, 2.75) is 6.42 Å². The molecule has 1 aromatic heterocycles. The summed E-state index contributed by atoms with van der Waals surface area (Å²) in [6, 6.07) is 10.2. The van der Waals surface area contributed by atoms with Crippen LogP contribution in [-0.2, 0) is 6.42 Å². The summed E-state index contributed by atoms with van der Waals surface area (Å²) < 4.78 is 0. The monoisotopic (exact) mass is 244 g/mol. The molecular weight excluding hydrogens is 231 g/mol. The van der Waals surface area contributed by atoms with Crippen molar-refractivity contribution in [1.82, 2.24) is 4.98 Å². The molecule has 0 saturated heterocycles. The third-order valence-electron chi connectivity index (χ3n) is 2.13. The van der Waals surface area contributed by atoms with E-state index in [4.69, 9.17) is 5.73 Å². The molecule has 82 valence electrons. The lowest BCUT2D eigenvalue weighted by atomic mass is 10.1. The van der Waals surface area contributed by atoms with E-state index < -0.39 is 0 Å². The molecular formula is C11H14Cl2N2. The van der Waals surface area contributed by atoms with Gasteiger partial charge in [-0.1, -0.05) is 24.3 Å². The highest BCUT2D eigenvalue weighted by Crippen LogP contribution is 2.15. The van der Waals surface area contributed by atoms with Gasteiger partial charge in [0.2, 0.25) is 0 Å². The normalized spacial score (nSPS) is 9.13. The fourth-order valence-corrected chi connectivity index (χ4v) is 1.52. The fraction of sp³-hybridized carbons (Fsp3) is 0.182. The Kier molecular flexibility index (Phi) is 6.25. The number of fused-ring (bicyclic) bond motifs is 1. The third-order valence-corrected chi connectivity index (χ3v) is 2.13. The number of para-hydroxylation sites is 1. The molecule has 0 atom stereocenters. The van der Waals surface area contributed by atoms with Crippen LogP contribution in [0.15, 0.2) is 36.5 Å². The van der Waals surface area contributed by atoms with E-state index in [0.29, 0.717) is 6.54 Å². The Labute approximate surface area is 102 Å². The number of pyridine rings is 1. The molecule has 0 saturated carbocycles. The lowest BCUT2D eigenvalue weighted by Crippen LogP contribution is -2.03. The van der Waals surface area contributed by atoms with Crippen molar-refractivity contribution < 1.29 is 0 Å². The topological polar surface area (TPSA) is 38.9 Å². The van der Waals surface area contributed by atoms with E-state index in [-0.39, 0.29) is 24.8 Å². The summed E-state index contributed by atoms with van der Waals surface area (Å²) in [6.07, 6.45) is 2.72. The molecule has 1 aromatic carbocycles. The van der Waals surface area contributed by atoms with Crippen molar-refractivity contribution in [1.29, 1.82) is 0 Å². The Morgan fingerprint density at radius 3 is 2.53 bits per heavy atom. The van der Waals surface area contributed by atoms with Crippen LogP contribution in [0.2, 0.25) is 0 Å². The minimum Gasteiger partial charge on any atom is -0.330 e. The second kappa shape index (κ2) is 6.62. The van der Waals surface area contributed by atoms with Crippen molar-refractivity contribution in [2.75, 3.05) is 6.54 Å². The molecule has 0 bridgehead atoms. The molecule has 0 aliphatic carbocycles. The number of nitrogens with zero attached hydrogens (tertiary/aromatic N) is 1.